The van der Waals surface area contributed by atoms with Gasteiger partial charge < -0.3 is 18.9 Å². The molecule has 114 valence electrons. The summed E-state index contributed by atoms with van der Waals surface area (Å²) in [6, 6.07) is 12.2. The van der Waals surface area contributed by atoms with E-state index in [0.29, 0.717) is 23.0 Å². The van der Waals surface area contributed by atoms with Crippen molar-refractivity contribution in [2.45, 2.75) is 0 Å². The first-order valence-corrected chi connectivity index (χ1v) is 6.94. The number of hydrogen-bond acceptors (Lipinski definition) is 4. The topological polar surface area (TPSA) is 36.9 Å². The average molecular weight is 298 g/mol. The molecular weight excluding hydrogens is 280 g/mol. The molecule has 3 aromatic rings. The predicted molar refractivity (Wildman–Crippen MR) is 87.7 cm³/mol. The Balaban J connectivity index is 2.60. The third-order valence-electron chi connectivity index (χ3n) is 3.84. The molecule has 0 atom stereocenters. The molecule has 4 heteroatoms. The van der Waals surface area contributed by atoms with Crippen LogP contribution in [0.3, 0.4) is 0 Å². The summed E-state index contributed by atoms with van der Waals surface area (Å²) in [5.74, 6) is 2.35. The average Bonchev–Trinajstić information content (AvgIpc) is 2.58. The molecule has 3 aromatic carbocycles. The molecule has 0 fully saturated rings. The number of rotatable bonds is 4. The van der Waals surface area contributed by atoms with Crippen molar-refractivity contribution in [1.29, 1.82) is 0 Å². The van der Waals surface area contributed by atoms with E-state index in [1.54, 1.807) is 28.4 Å². The summed E-state index contributed by atoms with van der Waals surface area (Å²) >= 11 is 0. The third kappa shape index (κ3) is 1.91. The van der Waals surface area contributed by atoms with E-state index < -0.39 is 0 Å². The molecule has 0 aliphatic carbocycles. The van der Waals surface area contributed by atoms with Crippen LogP contribution in [-0.2, 0) is 0 Å². The third-order valence-corrected chi connectivity index (χ3v) is 3.84. The molecule has 0 saturated heterocycles. The van der Waals surface area contributed by atoms with Gasteiger partial charge >= 0.3 is 0 Å². The van der Waals surface area contributed by atoms with Crippen molar-refractivity contribution in [2.75, 3.05) is 28.4 Å². The van der Waals surface area contributed by atoms with Crippen molar-refractivity contribution in [3.05, 3.63) is 36.4 Å². The molecule has 0 N–H and O–H groups in total. The van der Waals surface area contributed by atoms with Crippen molar-refractivity contribution in [1.82, 2.24) is 0 Å². The largest absolute Gasteiger partial charge is 0.492 e. The molecule has 0 bridgehead atoms. The highest BCUT2D eigenvalue weighted by atomic mass is 16.5. The van der Waals surface area contributed by atoms with Gasteiger partial charge in [0.2, 0.25) is 11.5 Å². The molecule has 0 aliphatic rings. The monoisotopic (exact) mass is 298 g/mol. The van der Waals surface area contributed by atoms with Crippen molar-refractivity contribution < 1.29 is 18.9 Å². The van der Waals surface area contributed by atoms with Crippen molar-refractivity contribution in [2.24, 2.45) is 0 Å². The van der Waals surface area contributed by atoms with E-state index >= 15 is 0 Å². The van der Waals surface area contributed by atoms with Crippen LogP contribution >= 0.6 is 0 Å². The zero-order chi connectivity index (χ0) is 15.7. The van der Waals surface area contributed by atoms with E-state index in [4.69, 9.17) is 18.9 Å². The Morgan fingerprint density at radius 3 is 1.77 bits per heavy atom. The van der Waals surface area contributed by atoms with Gasteiger partial charge in [-0.3, -0.25) is 0 Å². The highest BCUT2D eigenvalue weighted by molar-refractivity contribution is 6.14. The van der Waals surface area contributed by atoms with E-state index in [9.17, 15) is 0 Å². The molecule has 0 amide bonds. The summed E-state index contributed by atoms with van der Waals surface area (Å²) in [5.41, 5.74) is 0. The number of benzene rings is 3. The SMILES string of the molecule is COc1c(OC)c(OC)c2c(ccc3ccccc32)c1OC. The lowest BCUT2D eigenvalue weighted by atomic mass is 9.99. The number of hydrogen-bond donors (Lipinski definition) is 0. The van der Waals surface area contributed by atoms with Gasteiger partial charge in [0.15, 0.2) is 11.5 Å². The molecule has 0 radical (unpaired) electrons. The molecule has 0 aliphatic heterocycles. The molecule has 0 spiro atoms. The minimum Gasteiger partial charge on any atom is -0.492 e. The lowest BCUT2D eigenvalue weighted by Gasteiger charge is -2.19. The van der Waals surface area contributed by atoms with Gasteiger partial charge in [0, 0.05) is 10.8 Å². The van der Waals surface area contributed by atoms with Crippen molar-refractivity contribution in [3.8, 4) is 23.0 Å². The molecule has 22 heavy (non-hydrogen) atoms. The van der Waals surface area contributed by atoms with Crippen LogP contribution in [0.15, 0.2) is 36.4 Å². The second-order valence-corrected chi connectivity index (χ2v) is 4.84. The maximum absolute atomic E-state index is 5.64. The summed E-state index contributed by atoms with van der Waals surface area (Å²) in [6.07, 6.45) is 0. The van der Waals surface area contributed by atoms with E-state index in [2.05, 4.69) is 18.2 Å². The Labute approximate surface area is 129 Å². The first-order chi connectivity index (χ1) is 10.8. The van der Waals surface area contributed by atoms with Gasteiger partial charge in [0.05, 0.1) is 28.4 Å². The van der Waals surface area contributed by atoms with Gasteiger partial charge in [-0.05, 0) is 16.8 Å². The molecular formula is C18H18O4. The predicted octanol–water partition coefficient (Wildman–Crippen LogP) is 4.03. The Morgan fingerprint density at radius 2 is 1.14 bits per heavy atom. The summed E-state index contributed by atoms with van der Waals surface area (Å²) in [6.45, 7) is 0. The minimum atomic E-state index is 0.532. The second-order valence-electron chi connectivity index (χ2n) is 4.84. The van der Waals surface area contributed by atoms with E-state index in [0.717, 1.165) is 21.5 Å². The highest BCUT2D eigenvalue weighted by Crippen LogP contribution is 2.52. The van der Waals surface area contributed by atoms with Gasteiger partial charge in [0.1, 0.15) is 0 Å². The summed E-state index contributed by atoms with van der Waals surface area (Å²) < 4.78 is 22.2. The molecule has 4 nitrogen and oxygen atoms in total. The van der Waals surface area contributed by atoms with Crippen molar-refractivity contribution >= 4 is 21.5 Å². The first-order valence-electron chi connectivity index (χ1n) is 6.94. The van der Waals surface area contributed by atoms with Crippen LogP contribution < -0.4 is 18.9 Å². The molecule has 0 heterocycles. The van der Waals surface area contributed by atoms with Gasteiger partial charge in [0.25, 0.3) is 0 Å². The van der Waals surface area contributed by atoms with Gasteiger partial charge in [-0.1, -0.05) is 30.3 Å². The standard InChI is InChI=1S/C18H18O4/c1-19-15-13-10-9-11-7-5-6-8-12(11)14(13)16(20-2)18(22-4)17(15)21-3/h5-10H,1-4H3. The van der Waals surface area contributed by atoms with Gasteiger partial charge in [-0.15, -0.1) is 0 Å². The lowest BCUT2D eigenvalue weighted by molar-refractivity contribution is 0.310. The Kier molecular flexibility index (Phi) is 3.67. The Bertz CT molecular complexity index is 839. The minimum absolute atomic E-state index is 0.532. The van der Waals surface area contributed by atoms with Crippen LogP contribution in [0.2, 0.25) is 0 Å². The first kappa shape index (κ1) is 14.3. The number of methoxy groups -OCH3 is 4. The zero-order valence-corrected chi connectivity index (χ0v) is 13.1. The normalized spacial score (nSPS) is 10.7. The zero-order valence-electron chi connectivity index (χ0n) is 13.1. The Hall–Kier alpha value is -2.62. The molecule has 0 aromatic heterocycles. The van der Waals surface area contributed by atoms with Gasteiger partial charge in [-0.25, -0.2) is 0 Å². The van der Waals surface area contributed by atoms with Crippen LogP contribution in [0.25, 0.3) is 21.5 Å². The summed E-state index contributed by atoms with van der Waals surface area (Å²) in [4.78, 5) is 0. The van der Waals surface area contributed by atoms with Crippen LogP contribution in [0, 0.1) is 0 Å². The maximum atomic E-state index is 5.64. The van der Waals surface area contributed by atoms with E-state index in [1.807, 2.05) is 18.2 Å². The van der Waals surface area contributed by atoms with Gasteiger partial charge in [-0.2, -0.15) is 0 Å². The lowest BCUT2D eigenvalue weighted by Crippen LogP contribution is -1.99. The fourth-order valence-electron chi connectivity index (χ4n) is 2.92. The summed E-state index contributed by atoms with van der Waals surface area (Å²) in [5, 5.41) is 4.09. The second kappa shape index (κ2) is 5.64. The van der Waals surface area contributed by atoms with Crippen LogP contribution in [0.5, 0.6) is 23.0 Å². The smallest absolute Gasteiger partial charge is 0.207 e. The number of fused-ring (bicyclic) bond motifs is 3. The summed E-state index contributed by atoms with van der Waals surface area (Å²) in [7, 11) is 6.44. The molecule has 0 saturated carbocycles. The van der Waals surface area contributed by atoms with Crippen LogP contribution in [-0.4, -0.2) is 28.4 Å². The van der Waals surface area contributed by atoms with E-state index in [1.165, 1.54) is 0 Å². The maximum Gasteiger partial charge on any atom is 0.207 e. The highest BCUT2D eigenvalue weighted by Gasteiger charge is 2.23. The van der Waals surface area contributed by atoms with Crippen LogP contribution in [0.4, 0.5) is 0 Å². The number of ether oxygens (including phenoxy) is 4. The quantitative estimate of drug-likeness (QED) is 0.682. The fraction of sp³-hybridized carbons (Fsp3) is 0.222. The molecule has 0 unspecified atom stereocenters. The van der Waals surface area contributed by atoms with Crippen LogP contribution in [0.1, 0.15) is 0 Å². The fourth-order valence-corrected chi connectivity index (χ4v) is 2.92. The Morgan fingerprint density at radius 1 is 0.545 bits per heavy atom. The van der Waals surface area contributed by atoms with E-state index in [-0.39, 0.29) is 0 Å². The van der Waals surface area contributed by atoms with Crippen molar-refractivity contribution in [3.63, 3.8) is 0 Å². The molecule has 3 rings (SSSR count).